The van der Waals surface area contributed by atoms with Gasteiger partial charge in [-0.1, -0.05) is 115 Å². The van der Waals surface area contributed by atoms with Crippen LogP contribution < -0.4 is 0 Å². The van der Waals surface area contributed by atoms with Crippen LogP contribution in [-0.4, -0.2) is 14.5 Å². The Morgan fingerprint density at radius 1 is 0.423 bits per heavy atom. The van der Waals surface area contributed by atoms with Crippen LogP contribution in [0.1, 0.15) is 0 Å². The molecule has 0 atom stereocenters. The van der Waals surface area contributed by atoms with Gasteiger partial charge in [0.2, 0.25) is 0 Å². The molecule has 0 fully saturated rings. The average Bonchev–Trinajstić information content (AvgIpc) is 3.76. The number of benzene rings is 7. The van der Waals surface area contributed by atoms with Gasteiger partial charge in [0.25, 0.3) is 0 Å². The van der Waals surface area contributed by atoms with Crippen LogP contribution in [0.3, 0.4) is 0 Å². The largest absolute Gasteiger partial charge is 0.309 e. The van der Waals surface area contributed by atoms with Gasteiger partial charge in [0.1, 0.15) is 0 Å². The maximum absolute atomic E-state index is 4.88. The fraction of sp³-hybridized carbons (Fsp3) is 0. The third-order valence-corrected chi connectivity index (χ3v) is 11.6. The minimum absolute atomic E-state index is 0.865. The van der Waals surface area contributed by atoms with Crippen molar-refractivity contribution in [1.29, 1.82) is 0 Å². The third-order valence-electron chi connectivity index (χ3n) is 10.5. The Morgan fingerprint density at radius 2 is 1.04 bits per heavy atom. The smallest absolute Gasteiger partial charge is 0.0886 e. The Bertz CT molecular complexity index is 3100. The molecule has 242 valence electrons. The molecular weight excluding hydrogens is 651 g/mol. The van der Waals surface area contributed by atoms with Gasteiger partial charge in [0, 0.05) is 54.6 Å². The summed E-state index contributed by atoms with van der Waals surface area (Å²) in [5.41, 5.74) is 10.1. The molecule has 4 heteroatoms. The first-order valence-electron chi connectivity index (χ1n) is 17.6. The second kappa shape index (κ2) is 11.5. The van der Waals surface area contributed by atoms with Crippen molar-refractivity contribution >= 4 is 74.9 Å². The van der Waals surface area contributed by atoms with Gasteiger partial charge in [0.05, 0.1) is 22.4 Å². The number of pyridine rings is 2. The third kappa shape index (κ3) is 4.31. The molecule has 4 aromatic heterocycles. The molecule has 52 heavy (non-hydrogen) atoms. The Labute approximate surface area is 303 Å². The zero-order valence-electron chi connectivity index (χ0n) is 28.0. The van der Waals surface area contributed by atoms with Gasteiger partial charge in [-0.25, -0.2) is 0 Å². The molecule has 11 aromatic rings. The van der Waals surface area contributed by atoms with E-state index in [1.54, 1.807) is 0 Å². The summed E-state index contributed by atoms with van der Waals surface area (Å²) in [6.45, 7) is 0. The standard InChI is InChI=1S/C48H29N3S/c1-2-12-32(13-3-1)51-42-28-30(21-23-33(42)38-24-26-44-47(48(38)51)39-18-8-9-20-43(39)52-44)45-34-14-4-6-16-36(34)46(37-17-7-5-15-35(37)45)31-22-25-41(50-29-31)40-19-10-11-27-49-40/h1-29H. The van der Waals surface area contributed by atoms with Gasteiger partial charge in [0.15, 0.2) is 0 Å². The summed E-state index contributed by atoms with van der Waals surface area (Å²) >= 11 is 1.87. The number of para-hydroxylation sites is 1. The van der Waals surface area contributed by atoms with Crippen molar-refractivity contribution in [3.63, 3.8) is 0 Å². The van der Waals surface area contributed by atoms with Crippen LogP contribution in [0.4, 0.5) is 0 Å². The highest BCUT2D eigenvalue weighted by Gasteiger charge is 2.21. The van der Waals surface area contributed by atoms with Crippen LogP contribution in [-0.2, 0) is 0 Å². The number of rotatable bonds is 4. The summed E-state index contributed by atoms with van der Waals surface area (Å²) < 4.78 is 5.11. The summed E-state index contributed by atoms with van der Waals surface area (Å²) in [7, 11) is 0. The molecule has 0 aliphatic heterocycles. The lowest BCUT2D eigenvalue weighted by Gasteiger charge is -2.18. The van der Waals surface area contributed by atoms with E-state index in [0.29, 0.717) is 0 Å². The predicted octanol–water partition coefficient (Wildman–Crippen LogP) is 13.2. The van der Waals surface area contributed by atoms with Crippen LogP contribution in [0.2, 0.25) is 0 Å². The number of thiophene rings is 1. The molecule has 0 N–H and O–H groups in total. The second-order valence-electron chi connectivity index (χ2n) is 13.3. The van der Waals surface area contributed by atoms with Crippen LogP contribution in [0.15, 0.2) is 176 Å². The zero-order chi connectivity index (χ0) is 34.2. The number of nitrogens with zero attached hydrogens (tertiary/aromatic N) is 3. The number of hydrogen-bond acceptors (Lipinski definition) is 3. The lowest BCUT2D eigenvalue weighted by Crippen LogP contribution is -1.95. The molecule has 0 radical (unpaired) electrons. The van der Waals surface area contributed by atoms with Crippen LogP contribution in [0.5, 0.6) is 0 Å². The van der Waals surface area contributed by atoms with E-state index in [9.17, 15) is 0 Å². The molecular formula is C48H29N3S. The van der Waals surface area contributed by atoms with E-state index in [0.717, 1.165) is 22.6 Å². The minimum atomic E-state index is 0.865. The van der Waals surface area contributed by atoms with Crippen LogP contribution in [0, 0.1) is 0 Å². The van der Waals surface area contributed by atoms with Crippen molar-refractivity contribution in [3.05, 3.63) is 176 Å². The van der Waals surface area contributed by atoms with E-state index in [1.165, 1.54) is 80.2 Å². The fourth-order valence-corrected chi connectivity index (χ4v) is 9.38. The lowest BCUT2D eigenvalue weighted by atomic mass is 9.86. The maximum Gasteiger partial charge on any atom is 0.0886 e. The van der Waals surface area contributed by atoms with Crippen LogP contribution in [0.25, 0.3) is 103 Å². The molecule has 0 spiro atoms. The van der Waals surface area contributed by atoms with E-state index in [2.05, 4.69) is 155 Å². The number of hydrogen-bond donors (Lipinski definition) is 0. The van der Waals surface area contributed by atoms with Gasteiger partial charge < -0.3 is 4.57 Å². The summed E-state index contributed by atoms with van der Waals surface area (Å²) in [4.78, 5) is 9.40. The van der Waals surface area contributed by atoms with E-state index < -0.39 is 0 Å². The van der Waals surface area contributed by atoms with Gasteiger partial charge in [-0.3, -0.25) is 9.97 Å². The van der Waals surface area contributed by atoms with Gasteiger partial charge in [-0.05, 0) is 86.8 Å². The summed E-state index contributed by atoms with van der Waals surface area (Å²) in [5.74, 6) is 0. The molecule has 0 aliphatic rings. The highest BCUT2D eigenvalue weighted by molar-refractivity contribution is 7.26. The normalized spacial score (nSPS) is 11.8. The Hall–Kier alpha value is -6.62. The SMILES string of the molecule is c1ccc(-n2c3cc(-c4c5ccccc5c(-c5ccc(-c6ccccn6)nc5)c5ccccc45)ccc3c3ccc4sc5ccccc5c4c32)cc1. The summed E-state index contributed by atoms with van der Waals surface area (Å²) in [5, 5.41) is 10.0. The van der Waals surface area contributed by atoms with Crippen molar-refractivity contribution in [2.45, 2.75) is 0 Å². The first kappa shape index (κ1) is 29.1. The molecule has 11 rings (SSSR count). The number of fused-ring (bicyclic) bond motifs is 9. The van der Waals surface area contributed by atoms with E-state index >= 15 is 0 Å². The van der Waals surface area contributed by atoms with E-state index in [-0.39, 0.29) is 0 Å². The van der Waals surface area contributed by atoms with E-state index in [4.69, 9.17) is 4.98 Å². The maximum atomic E-state index is 4.88. The predicted molar refractivity (Wildman–Crippen MR) is 221 cm³/mol. The Balaban J connectivity index is 1.20. The van der Waals surface area contributed by atoms with Crippen molar-refractivity contribution in [1.82, 2.24) is 14.5 Å². The number of aromatic nitrogens is 3. The Kier molecular flexibility index (Phi) is 6.42. The van der Waals surface area contributed by atoms with Crippen molar-refractivity contribution in [2.75, 3.05) is 0 Å². The highest BCUT2D eigenvalue weighted by Crippen LogP contribution is 2.47. The van der Waals surface area contributed by atoms with E-state index in [1.807, 2.05) is 41.9 Å². The summed E-state index contributed by atoms with van der Waals surface area (Å²) in [6.07, 6.45) is 3.81. The van der Waals surface area contributed by atoms with Crippen molar-refractivity contribution in [2.24, 2.45) is 0 Å². The molecule has 0 aliphatic carbocycles. The first-order valence-corrected chi connectivity index (χ1v) is 18.4. The molecule has 4 heterocycles. The summed E-state index contributed by atoms with van der Waals surface area (Å²) in [6, 6.07) is 59.2. The molecule has 0 unspecified atom stereocenters. The Morgan fingerprint density at radius 3 is 1.73 bits per heavy atom. The molecule has 3 nitrogen and oxygen atoms in total. The molecule has 0 saturated heterocycles. The monoisotopic (exact) mass is 679 g/mol. The molecule has 0 amide bonds. The average molecular weight is 680 g/mol. The van der Waals surface area contributed by atoms with Gasteiger partial charge >= 0.3 is 0 Å². The van der Waals surface area contributed by atoms with Crippen molar-refractivity contribution < 1.29 is 0 Å². The highest BCUT2D eigenvalue weighted by atomic mass is 32.1. The first-order chi connectivity index (χ1) is 25.8. The molecule has 0 bridgehead atoms. The van der Waals surface area contributed by atoms with Crippen LogP contribution >= 0.6 is 11.3 Å². The minimum Gasteiger partial charge on any atom is -0.309 e. The fourth-order valence-electron chi connectivity index (χ4n) is 8.27. The zero-order valence-corrected chi connectivity index (χ0v) is 28.8. The van der Waals surface area contributed by atoms with Crippen molar-refractivity contribution in [3.8, 4) is 39.3 Å². The second-order valence-corrected chi connectivity index (χ2v) is 14.4. The lowest BCUT2D eigenvalue weighted by molar-refractivity contribution is 1.19. The quantitative estimate of drug-likeness (QED) is 0.173. The topological polar surface area (TPSA) is 30.7 Å². The molecule has 7 aromatic carbocycles. The molecule has 0 saturated carbocycles. The van der Waals surface area contributed by atoms with Gasteiger partial charge in [-0.2, -0.15) is 0 Å². The van der Waals surface area contributed by atoms with Gasteiger partial charge in [-0.15, -0.1) is 11.3 Å².